The highest BCUT2D eigenvalue weighted by atomic mass is 19.4. The molecular weight excluding hydrogens is 397 g/mol. The van der Waals surface area contributed by atoms with Gasteiger partial charge in [0.25, 0.3) is 0 Å². The van der Waals surface area contributed by atoms with Crippen molar-refractivity contribution in [3.8, 4) is 5.75 Å². The molecule has 1 saturated heterocycles. The molecule has 1 aromatic heterocycles. The van der Waals surface area contributed by atoms with Crippen molar-refractivity contribution in [3.63, 3.8) is 0 Å². The number of aromatic nitrogens is 1. The van der Waals surface area contributed by atoms with Gasteiger partial charge in [-0.1, -0.05) is 18.2 Å². The maximum atomic E-state index is 12.9. The standard InChI is InChI=1S/C21H25F3N4O2/c1-14(25-20(29)27(2)3)15-7-9-16(10-8-15)30-17-11-12-28(13-17)19-6-4-5-18(26-19)21(22,23)24/h4-10,14,17H,11-13H2,1-3H3,(H,25,29)/t14-,17?/m0/s1. The van der Waals surface area contributed by atoms with Gasteiger partial charge in [-0.25, -0.2) is 9.78 Å². The number of halogens is 3. The summed E-state index contributed by atoms with van der Waals surface area (Å²) in [7, 11) is 3.36. The molecule has 1 aromatic carbocycles. The fraction of sp³-hybridized carbons (Fsp3) is 0.429. The van der Waals surface area contributed by atoms with Gasteiger partial charge in [-0.3, -0.25) is 0 Å². The van der Waals surface area contributed by atoms with Crippen LogP contribution in [0.1, 0.15) is 30.6 Å². The zero-order chi connectivity index (χ0) is 21.9. The van der Waals surface area contributed by atoms with Crippen molar-refractivity contribution in [2.45, 2.75) is 31.7 Å². The summed E-state index contributed by atoms with van der Waals surface area (Å²) in [6.45, 7) is 2.93. The lowest BCUT2D eigenvalue weighted by Crippen LogP contribution is -2.36. The van der Waals surface area contributed by atoms with E-state index in [0.717, 1.165) is 11.6 Å². The molecule has 30 heavy (non-hydrogen) atoms. The molecule has 0 spiro atoms. The van der Waals surface area contributed by atoms with Crippen molar-refractivity contribution in [3.05, 3.63) is 53.7 Å². The molecule has 9 heteroatoms. The molecule has 1 fully saturated rings. The molecule has 0 aliphatic carbocycles. The fourth-order valence-electron chi connectivity index (χ4n) is 3.21. The predicted octanol–water partition coefficient (Wildman–Crippen LogP) is 4.09. The lowest BCUT2D eigenvalue weighted by molar-refractivity contribution is -0.141. The predicted molar refractivity (Wildman–Crippen MR) is 108 cm³/mol. The van der Waals surface area contributed by atoms with E-state index in [-0.39, 0.29) is 18.2 Å². The van der Waals surface area contributed by atoms with E-state index < -0.39 is 11.9 Å². The van der Waals surface area contributed by atoms with Gasteiger partial charge in [-0.05, 0) is 36.8 Å². The van der Waals surface area contributed by atoms with Crippen molar-refractivity contribution < 1.29 is 22.7 Å². The number of hydrogen-bond donors (Lipinski definition) is 1. The monoisotopic (exact) mass is 422 g/mol. The molecule has 2 atom stereocenters. The molecule has 1 unspecified atom stereocenters. The van der Waals surface area contributed by atoms with E-state index >= 15 is 0 Å². The van der Waals surface area contributed by atoms with Crippen LogP contribution in [0.5, 0.6) is 5.75 Å². The van der Waals surface area contributed by atoms with E-state index in [4.69, 9.17) is 4.74 Å². The number of amides is 2. The average molecular weight is 422 g/mol. The van der Waals surface area contributed by atoms with Crippen molar-refractivity contribution in [1.29, 1.82) is 0 Å². The Morgan fingerprint density at radius 1 is 1.23 bits per heavy atom. The van der Waals surface area contributed by atoms with Gasteiger partial charge >= 0.3 is 12.2 Å². The number of rotatable bonds is 5. The first kappa shape index (κ1) is 21.7. The Labute approximate surface area is 173 Å². The van der Waals surface area contributed by atoms with Crippen LogP contribution in [-0.2, 0) is 6.18 Å². The van der Waals surface area contributed by atoms with Crippen molar-refractivity contribution in [2.75, 3.05) is 32.1 Å². The summed E-state index contributed by atoms with van der Waals surface area (Å²) in [5.74, 6) is 0.977. The zero-order valence-electron chi connectivity index (χ0n) is 17.1. The molecule has 1 aliphatic heterocycles. The first-order chi connectivity index (χ1) is 14.1. The van der Waals surface area contributed by atoms with Gasteiger partial charge in [0.1, 0.15) is 23.4 Å². The number of carbonyl (C=O) groups excluding carboxylic acids is 1. The highest BCUT2D eigenvalue weighted by Gasteiger charge is 2.33. The maximum absolute atomic E-state index is 12.9. The van der Waals surface area contributed by atoms with Crippen LogP contribution in [0.2, 0.25) is 0 Å². The van der Waals surface area contributed by atoms with E-state index in [2.05, 4.69) is 10.3 Å². The second kappa shape index (κ2) is 8.81. The summed E-state index contributed by atoms with van der Waals surface area (Å²) in [6, 6.07) is 11.0. The van der Waals surface area contributed by atoms with E-state index in [9.17, 15) is 18.0 Å². The van der Waals surface area contributed by atoms with Gasteiger partial charge in [0.15, 0.2) is 0 Å². The number of carbonyl (C=O) groups is 1. The lowest BCUT2D eigenvalue weighted by Gasteiger charge is -2.20. The minimum Gasteiger partial charge on any atom is -0.489 e. The van der Waals surface area contributed by atoms with Crippen LogP contribution in [0.15, 0.2) is 42.5 Å². The topological polar surface area (TPSA) is 57.7 Å². The zero-order valence-corrected chi connectivity index (χ0v) is 17.1. The van der Waals surface area contributed by atoms with Gasteiger partial charge in [-0.15, -0.1) is 0 Å². The lowest BCUT2D eigenvalue weighted by atomic mass is 10.1. The van der Waals surface area contributed by atoms with Gasteiger partial charge in [0, 0.05) is 27.1 Å². The highest BCUT2D eigenvalue weighted by molar-refractivity contribution is 5.74. The van der Waals surface area contributed by atoms with Crippen molar-refractivity contribution in [2.24, 2.45) is 0 Å². The van der Waals surface area contributed by atoms with Crippen LogP contribution >= 0.6 is 0 Å². The van der Waals surface area contributed by atoms with Gasteiger partial charge in [0.05, 0.1) is 12.6 Å². The minimum atomic E-state index is -4.46. The fourth-order valence-corrected chi connectivity index (χ4v) is 3.21. The van der Waals surface area contributed by atoms with Crippen molar-refractivity contribution in [1.82, 2.24) is 15.2 Å². The van der Waals surface area contributed by atoms with E-state index in [1.54, 1.807) is 25.1 Å². The Morgan fingerprint density at radius 3 is 2.57 bits per heavy atom. The van der Waals surface area contributed by atoms with Crippen LogP contribution in [0.3, 0.4) is 0 Å². The molecule has 162 valence electrons. The smallest absolute Gasteiger partial charge is 0.433 e. The van der Waals surface area contributed by atoms with Crippen molar-refractivity contribution >= 4 is 11.8 Å². The average Bonchev–Trinajstić information content (AvgIpc) is 3.16. The molecule has 6 nitrogen and oxygen atoms in total. The third-order valence-corrected chi connectivity index (χ3v) is 4.92. The van der Waals surface area contributed by atoms with E-state index in [1.165, 1.54) is 11.0 Å². The maximum Gasteiger partial charge on any atom is 0.433 e. The Hall–Kier alpha value is -2.97. The normalized spacial score (nSPS) is 17.5. The molecule has 2 aromatic rings. The summed E-state index contributed by atoms with van der Waals surface area (Å²) in [4.78, 5) is 18.8. The minimum absolute atomic E-state index is 0.141. The molecular formula is C21H25F3N4O2. The number of hydrogen-bond acceptors (Lipinski definition) is 4. The number of pyridine rings is 1. The molecule has 2 amide bonds. The summed E-state index contributed by atoms with van der Waals surface area (Å²) >= 11 is 0. The number of ether oxygens (including phenoxy) is 1. The molecule has 0 radical (unpaired) electrons. The van der Waals surface area contributed by atoms with Crippen LogP contribution in [-0.4, -0.2) is 49.2 Å². The first-order valence-electron chi connectivity index (χ1n) is 9.67. The van der Waals surface area contributed by atoms with Crippen LogP contribution in [0, 0.1) is 0 Å². The van der Waals surface area contributed by atoms with Crippen LogP contribution in [0.4, 0.5) is 23.8 Å². The number of anilines is 1. The van der Waals surface area contributed by atoms with E-state index in [0.29, 0.717) is 31.1 Å². The number of nitrogens with zero attached hydrogens (tertiary/aromatic N) is 3. The number of urea groups is 1. The quantitative estimate of drug-likeness (QED) is 0.789. The van der Waals surface area contributed by atoms with Gasteiger partial charge in [-0.2, -0.15) is 13.2 Å². The Morgan fingerprint density at radius 2 is 1.93 bits per heavy atom. The van der Waals surface area contributed by atoms with Crippen LogP contribution in [0.25, 0.3) is 0 Å². The molecule has 1 aliphatic rings. The molecule has 2 heterocycles. The van der Waals surface area contributed by atoms with Gasteiger partial charge in [0.2, 0.25) is 0 Å². The Bertz CT molecular complexity index is 871. The summed E-state index contributed by atoms with van der Waals surface area (Å²) in [5.41, 5.74) is 0.0502. The summed E-state index contributed by atoms with van der Waals surface area (Å²) < 4.78 is 44.7. The summed E-state index contributed by atoms with van der Waals surface area (Å²) in [5, 5.41) is 2.88. The van der Waals surface area contributed by atoms with E-state index in [1.807, 2.05) is 31.2 Å². The number of nitrogens with one attached hydrogen (secondary N) is 1. The number of benzene rings is 1. The molecule has 0 saturated carbocycles. The molecule has 3 rings (SSSR count). The Kier molecular flexibility index (Phi) is 6.38. The second-order valence-electron chi connectivity index (χ2n) is 7.49. The van der Waals surface area contributed by atoms with Crippen LogP contribution < -0.4 is 15.0 Å². The number of alkyl halides is 3. The highest BCUT2D eigenvalue weighted by Crippen LogP contribution is 2.30. The first-order valence-corrected chi connectivity index (χ1v) is 9.67. The molecule has 0 bridgehead atoms. The molecule has 1 N–H and O–H groups in total. The second-order valence-corrected chi connectivity index (χ2v) is 7.49. The summed E-state index contributed by atoms with van der Waals surface area (Å²) in [6.07, 6.45) is -3.91. The third kappa shape index (κ3) is 5.34. The largest absolute Gasteiger partial charge is 0.489 e. The SMILES string of the molecule is C[C@H](NC(=O)N(C)C)c1ccc(OC2CCN(c3cccc(C(F)(F)F)n3)C2)cc1. The third-order valence-electron chi connectivity index (χ3n) is 4.92. The van der Waals surface area contributed by atoms with Gasteiger partial charge < -0.3 is 19.9 Å². The Balaban J connectivity index is 1.57.